The van der Waals surface area contributed by atoms with Crippen molar-refractivity contribution in [3.8, 4) is 0 Å². The van der Waals surface area contributed by atoms with Crippen molar-refractivity contribution in [2.45, 2.75) is 39.8 Å². The molecule has 112 valence electrons. The van der Waals surface area contributed by atoms with E-state index in [2.05, 4.69) is 15.6 Å². The van der Waals surface area contributed by atoms with Crippen LogP contribution in [0.2, 0.25) is 0 Å². The standard InChI is InChI=1S/C16H21N3O2/c1-11(2)19-15(20)8-13-4-6-14(7-5-13)17-10-16-18-9-12(3)21-16/h4-7,9,11,17H,8,10H2,1-3H3,(H,19,20). The summed E-state index contributed by atoms with van der Waals surface area (Å²) in [5, 5.41) is 6.11. The Kier molecular flexibility index (Phi) is 4.98. The number of anilines is 1. The highest BCUT2D eigenvalue weighted by atomic mass is 16.4. The third kappa shape index (κ3) is 4.95. The Balaban J connectivity index is 1.85. The number of oxazole rings is 1. The van der Waals surface area contributed by atoms with Crippen molar-refractivity contribution in [1.82, 2.24) is 10.3 Å². The summed E-state index contributed by atoms with van der Waals surface area (Å²) in [4.78, 5) is 15.8. The van der Waals surface area contributed by atoms with Crippen LogP contribution in [0.3, 0.4) is 0 Å². The first-order valence-corrected chi connectivity index (χ1v) is 7.06. The van der Waals surface area contributed by atoms with E-state index in [-0.39, 0.29) is 11.9 Å². The Bertz CT molecular complexity index is 588. The van der Waals surface area contributed by atoms with Crippen molar-refractivity contribution in [2.75, 3.05) is 5.32 Å². The number of benzene rings is 1. The van der Waals surface area contributed by atoms with Gasteiger partial charge in [0.2, 0.25) is 11.8 Å². The molecule has 5 nitrogen and oxygen atoms in total. The van der Waals surface area contributed by atoms with Crippen LogP contribution in [0.25, 0.3) is 0 Å². The number of aromatic nitrogens is 1. The van der Waals surface area contributed by atoms with Crippen LogP contribution in [0.5, 0.6) is 0 Å². The molecule has 1 aromatic heterocycles. The first kappa shape index (κ1) is 15.1. The SMILES string of the molecule is Cc1cnc(CNc2ccc(CC(=O)NC(C)C)cc2)o1. The van der Waals surface area contributed by atoms with Crippen molar-refractivity contribution in [1.29, 1.82) is 0 Å². The molecule has 5 heteroatoms. The summed E-state index contributed by atoms with van der Waals surface area (Å²) in [5.74, 6) is 1.51. The second-order valence-corrected chi connectivity index (χ2v) is 5.31. The number of carbonyl (C=O) groups is 1. The zero-order valence-electron chi connectivity index (χ0n) is 12.6. The second kappa shape index (κ2) is 6.92. The van der Waals surface area contributed by atoms with Gasteiger partial charge in [0.1, 0.15) is 5.76 Å². The molecule has 0 aliphatic carbocycles. The van der Waals surface area contributed by atoms with Gasteiger partial charge < -0.3 is 15.1 Å². The fraction of sp³-hybridized carbons (Fsp3) is 0.375. The molecule has 2 aromatic rings. The topological polar surface area (TPSA) is 67.2 Å². The van der Waals surface area contributed by atoms with Gasteiger partial charge in [-0.2, -0.15) is 0 Å². The number of nitrogens with zero attached hydrogens (tertiary/aromatic N) is 1. The number of aryl methyl sites for hydroxylation is 1. The highest BCUT2D eigenvalue weighted by Gasteiger charge is 2.05. The molecular weight excluding hydrogens is 266 g/mol. The lowest BCUT2D eigenvalue weighted by atomic mass is 10.1. The number of nitrogens with one attached hydrogen (secondary N) is 2. The van der Waals surface area contributed by atoms with E-state index in [9.17, 15) is 4.79 Å². The van der Waals surface area contributed by atoms with Crippen molar-refractivity contribution in [3.05, 3.63) is 47.7 Å². The molecule has 2 rings (SSSR count). The molecule has 0 saturated heterocycles. The van der Waals surface area contributed by atoms with Gasteiger partial charge in [-0.3, -0.25) is 4.79 Å². The molecule has 0 atom stereocenters. The Hall–Kier alpha value is -2.30. The summed E-state index contributed by atoms with van der Waals surface area (Å²) in [5.41, 5.74) is 1.96. The average Bonchev–Trinajstić information content (AvgIpc) is 2.83. The van der Waals surface area contributed by atoms with E-state index in [1.807, 2.05) is 45.0 Å². The fourth-order valence-electron chi connectivity index (χ4n) is 1.96. The number of hydrogen-bond acceptors (Lipinski definition) is 4. The predicted molar refractivity (Wildman–Crippen MR) is 82.0 cm³/mol. The van der Waals surface area contributed by atoms with Crippen LogP contribution >= 0.6 is 0 Å². The molecule has 0 bridgehead atoms. The summed E-state index contributed by atoms with van der Waals surface area (Å²) >= 11 is 0. The van der Waals surface area contributed by atoms with Crippen molar-refractivity contribution in [2.24, 2.45) is 0 Å². The molecule has 0 radical (unpaired) electrons. The minimum atomic E-state index is 0.0426. The molecule has 2 N–H and O–H groups in total. The summed E-state index contributed by atoms with van der Waals surface area (Å²) in [6, 6.07) is 7.97. The van der Waals surface area contributed by atoms with Crippen LogP contribution in [-0.2, 0) is 17.8 Å². The monoisotopic (exact) mass is 287 g/mol. The number of rotatable bonds is 6. The molecule has 1 aromatic carbocycles. The minimum Gasteiger partial charge on any atom is -0.444 e. The quantitative estimate of drug-likeness (QED) is 0.857. The molecule has 0 fully saturated rings. The van der Waals surface area contributed by atoms with E-state index in [0.717, 1.165) is 17.0 Å². The van der Waals surface area contributed by atoms with Gasteiger partial charge in [0.15, 0.2) is 0 Å². The molecule has 0 aliphatic rings. The van der Waals surface area contributed by atoms with Gasteiger partial charge in [-0.1, -0.05) is 12.1 Å². The summed E-state index contributed by atoms with van der Waals surface area (Å²) < 4.78 is 5.39. The smallest absolute Gasteiger partial charge is 0.224 e. The lowest BCUT2D eigenvalue weighted by Crippen LogP contribution is -2.31. The van der Waals surface area contributed by atoms with Crippen LogP contribution in [0.4, 0.5) is 5.69 Å². The molecule has 0 unspecified atom stereocenters. The van der Waals surface area contributed by atoms with E-state index in [0.29, 0.717) is 18.9 Å². The molecule has 1 heterocycles. The van der Waals surface area contributed by atoms with Gasteiger partial charge in [0.05, 0.1) is 19.2 Å². The van der Waals surface area contributed by atoms with Crippen molar-refractivity contribution >= 4 is 11.6 Å². The summed E-state index contributed by atoms with van der Waals surface area (Å²) in [6.07, 6.45) is 2.10. The summed E-state index contributed by atoms with van der Waals surface area (Å²) in [6.45, 7) is 6.32. The van der Waals surface area contributed by atoms with Crippen LogP contribution in [-0.4, -0.2) is 16.9 Å². The van der Waals surface area contributed by atoms with Crippen LogP contribution in [0, 0.1) is 6.92 Å². The first-order valence-electron chi connectivity index (χ1n) is 7.06. The van der Waals surface area contributed by atoms with E-state index in [1.165, 1.54) is 0 Å². The van der Waals surface area contributed by atoms with Gasteiger partial charge in [-0.25, -0.2) is 4.98 Å². The zero-order valence-corrected chi connectivity index (χ0v) is 12.6. The van der Waals surface area contributed by atoms with Gasteiger partial charge in [-0.05, 0) is 38.5 Å². The molecule has 21 heavy (non-hydrogen) atoms. The molecule has 0 saturated carbocycles. The van der Waals surface area contributed by atoms with Crippen molar-refractivity contribution < 1.29 is 9.21 Å². The highest BCUT2D eigenvalue weighted by Crippen LogP contribution is 2.12. The highest BCUT2D eigenvalue weighted by molar-refractivity contribution is 5.78. The normalized spacial score (nSPS) is 10.7. The van der Waals surface area contributed by atoms with E-state index >= 15 is 0 Å². The first-order chi connectivity index (χ1) is 10.0. The Morgan fingerprint density at radius 2 is 2.00 bits per heavy atom. The van der Waals surface area contributed by atoms with Gasteiger partial charge in [-0.15, -0.1) is 0 Å². The maximum Gasteiger partial charge on any atom is 0.224 e. The lowest BCUT2D eigenvalue weighted by molar-refractivity contribution is -0.120. The molecule has 0 aliphatic heterocycles. The van der Waals surface area contributed by atoms with Crippen LogP contribution < -0.4 is 10.6 Å². The molecular formula is C16H21N3O2. The van der Waals surface area contributed by atoms with E-state index in [1.54, 1.807) is 6.20 Å². The van der Waals surface area contributed by atoms with Gasteiger partial charge >= 0.3 is 0 Å². The predicted octanol–water partition coefficient (Wildman–Crippen LogP) is 2.66. The van der Waals surface area contributed by atoms with Crippen LogP contribution in [0.1, 0.15) is 31.1 Å². The van der Waals surface area contributed by atoms with E-state index in [4.69, 9.17) is 4.42 Å². The molecule has 0 spiro atoms. The molecule has 1 amide bonds. The van der Waals surface area contributed by atoms with Crippen molar-refractivity contribution in [3.63, 3.8) is 0 Å². The van der Waals surface area contributed by atoms with Crippen LogP contribution in [0.15, 0.2) is 34.9 Å². The van der Waals surface area contributed by atoms with E-state index < -0.39 is 0 Å². The fourth-order valence-corrected chi connectivity index (χ4v) is 1.96. The largest absolute Gasteiger partial charge is 0.444 e. The number of hydrogen-bond donors (Lipinski definition) is 2. The Labute approximate surface area is 124 Å². The Morgan fingerprint density at radius 3 is 2.57 bits per heavy atom. The summed E-state index contributed by atoms with van der Waals surface area (Å²) in [7, 11) is 0. The third-order valence-electron chi connectivity index (χ3n) is 2.88. The number of amides is 1. The maximum atomic E-state index is 11.7. The maximum absolute atomic E-state index is 11.7. The lowest BCUT2D eigenvalue weighted by Gasteiger charge is -2.09. The number of carbonyl (C=O) groups excluding carboxylic acids is 1. The van der Waals surface area contributed by atoms with Gasteiger partial charge in [0.25, 0.3) is 0 Å². The zero-order chi connectivity index (χ0) is 15.2. The average molecular weight is 287 g/mol. The third-order valence-corrected chi connectivity index (χ3v) is 2.88. The minimum absolute atomic E-state index is 0.0426. The van der Waals surface area contributed by atoms with Gasteiger partial charge in [0, 0.05) is 11.7 Å². The Morgan fingerprint density at radius 1 is 1.29 bits per heavy atom. The second-order valence-electron chi connectivity index (χ2n) is 5.31.